The van der Waals surface area contributed by atoms with Gasteiger partial charge in [-0.25, -0.2) is 4.90 Å². The van der Waals surface area contributed by atoms with Gasteiger partial charge in [0.25, 0.3) is 11.8 Å². The van der Waals surface area contributed by atoms with E-state index in [1.807, 2.05) is 36.4 Å². The lowest BCUT2D eigenvalue weighted by atomic mass is 9.97. The van der Waals surface area contributed by atoms with Crippen molar-refractivity contribution in [3.05, 3.63) is 102 Å². The molecule has 0 radical (unpaired) electrons. The Morgan fingerprint density at radius 2 is 1.17 bits per heavy atom. The highest BCUT2D eigenvalue weighted by atomic mass is 16.2. The second kappa shape index (κ2) is 6.78. The topological polar surface area (TPSA) is 37.4 Å². The van der Waals surface area contributed by atoms with E-state index in [9.17, 15) is 9.59 Å². The lowest BCUT2D eigenvalue weighted by molar-refractivity contribution is -0.119. The molecular weight excluding hydrogens is 358 g/mol. The van der Waals surface area contributed by atoms with Gasteiger partial charge in [0.1, 0.15) is 0 Å². The van der Waals surface area contributed by atoms with Crippen LogP contribution in [0.15, 0.2) is 91.0 Å². The highest BCUT2D eigenvalue weighted by molar-refractivity contribution is 6.28. The normalized spacial score (nSPS) is 13.2. The van der Waals surface area contributed by atoms with Crippen molar-refractivity contribution < 1.29 is 9.59 Å². The number of hydrogen-bond donors (Lipinski definition) is 0. The van der Waals surface area contributed by atoms with Crippen molar-refractivity contribution in [2.75, 3.05) is 4.90 Å². The molecule has 0 aliphatic carbocycles. The van der Waals surface area contributed by atoms with Crippen molar-refractivity contribution in [2.24, 2.45) is 0 Å². The van der Waals surface area contributed by atoms with Gasteiger partial charge < -0.3 is 0 Å². The van der Waals surface area contributed by atoms with Gasteiger partial charge in [0.2, 0.25) is 0 Å². The molecule has 29 heavy (non-hydrogen) atoms. The molecule has 1 aliphatic heterocycles. The van der Waals surface area contributed by atoms with E-state index in [1.54, 1.807) is 12.1 Å². The van der Waals surface area contributed by atoms with E-state index in [1.165, 1.54) is 12.2 Å². The highest BCUT2D eigenvalue weighted by Gasteiger charge is 2.24. The molecule has 0 unspecified atom stereocenters. The number of nitrogens with zero attached hydrogens (tertiary/aromatic N) is 1. The second-order valence-corrected chi connectivity index (χ2v) is 6.84. The molecule has 3 nitrogen and oxygen atoms in total. The Morgan fingerprint density at radius 1 is 0.621 bits per heavy atom. The van der Waals surface area contributed by atoms with Crippen LogP contribution in [0.4, 0.5) is 5.69 Å². The summed E-state index contributed by atoms with van der Waals surface area (Å²) in [6.07, 6.45) is 2.56. The Hall–Kier alpha value is -4.16. The third-order valence-corrected chi connectivity index (χ3v) is 5.04. The molecule has 1 heterocycles. The lowest BCUT2D eigenvalue weighted by Gasteiger charge is -2.13. The SMILES string of the molecule is O=C1C=CC(=O)N1c1ccc(C#Cc2c3ccccc3cc3ccccc23)cc1. The van der Waals surface area contributed by atoms with Crippen LogP contribution in [0.5, 0.6) is 0 Å². The number of fused-ring (bicyclic) bond motifs is 2. The largest absolute Gasteiger partial charge is 0.269 e. The van der Waals surface area contributed by atoms with Gasteiger partial charge in [0.15, 0.2) is 0 Å². The van der Waals surface area contributed by atoms with Crippen LogP contribution in [-0.2, 0) is 9.59 Å². The minimum Gasteiger partial charge on any atom is -0.269 e. The maximum absolute atomic E-state index is 11.8. The molecule has 0 spiro atoms. The first-order chi connectivity index (χ1) is 14.2. The predicted octanol–water partition coefficient (Wildman–Crippen LogP) is 4.82. The quantitative estimate of drug-likeness (QED) is 0.272. The van der Waals surface area contributed by atoms with Gasteiger partial charge >= 0.3 is 0 Å². The first-order valence-corrected chi connectivity index (χ1v) is 9.29. The fourth-order valence-electron chi connectivity index (χ4n) is 3.63. The van der Waals surface area contributed by atoms with Crippen LogP contribution >= 0.6 is 0 Å². The summed E-state index contributed by atoms with van der Waals surface area (Å²) in [4.78, 5) is 24.8. The zero-order chi connectivity index (χ0) is 19.8. The average Bonchev–Trinajstić information content (AvgIpc) is 3.09. The number of benzene rings is 4. The van der Waals surface area contributed by atoms with Crippen LogP contribution < -0.4 is 4.90 Å². The van der Waals surface area contributed by atoms with Gasteiger partial charge in [-0.15, -0.1) is 0 Å². The number of carbonyl (C=O) groups excluding carboxylic acids is 2. The summed E-state index contributed by atoms with van der Waals surface area (Å²) in [5.74, 6) is 5.93. The first kappa shape index (κ1) is 17.0. The molecule has 4 aromatic rings. The van der Waals surface area contributed by atoms with Gasteiger partial charge in [-0.1, -0.05) is 60.4 Å². The number of rotatable bonds is 1. The monoisotopic (exact) mass is 373 g/mol. The van der Waals surface area contributed by atoms with Crippen molar-refractivity contribution >= 4 is 39.0 Å². The van der Waals surface area contributed by atoms with Crippen molar-refractivity contribution in [1.29, 1.82) is 0 Å². The Bertz CT molecular complexity index is 1310. The second-order valence-electron chi connectivity index (χ2n) is 6.84. The summed E-state index contributed by atoms with van der Waals surface area (Å²) in [6, 6.07) is 25.8. The molecule has 4 aromatic carbocycles. The Morgan fingerprint density at radius 3 is 1.76 bits per heavy atom. The number of amides is 2. The van der Waals surface area contributed by atoms with Crippen LogP contribution in [0.3, 0.4) is 0 Å². The Kier molecular flexibility index (Phi) is 3.97. The maximum Gasteiger partial charge on any atom is 0.258 e. The molecule has 3 heteroatoms. The highest BCUT2D eigenvalue weighted by Crippen LogP contribution is 2.28. The fourth-order valence-corrected chi connectivity index (χ4v) is 3.63. The number of imide groups is 1. The minimum atomic E-state index is -0.323. The third-order valence-electron chi connectivity index (χ3n) is 5.04. The van der Waals surface area contributed by atoms with Crippen molar-refractivity contribution in [1.82, 2.24) is 0 Å². The van der Waals surface area contributed by atoms with E-state index in [-0.39, 0.29) is 11.8 Å². The van der Waals surface area contributed by atoms with Gasteiger partial charge in [-0.05, 0) is 51.9 Å². The van der Waals surface area contributed by atoms with Gasteiger partial charge in [0.05, 0.1) is 5.69 Å². The number of hydrogen-bond acceptors (Lipinski definition) is 2. The summed E-state index contributed by atoms with van der Waals surface area (Å²) in [5, 5.41) is 4.55. The average molecular weight is 373 g/mol. The van der Waals surface area contributed by atoms with Crippen LogP contribution in [0.25, 0.3) is 21.5 Å². The molecule has 0 aromatic heterocycles. The summed E-state index contributed by atoms with van der Waals surface area (Å²) in [5.41, 5.74) is 2.36. The maximum atomic E-state index is 11.8. The van der Waals surface area contributed by atoms with Crippen molar-refractivity contribution in [3.63, 3.8) is 0 Å². The Balaban J connectivity index is 1.57. The van der Waals surface area contributed by atoms with Crippen LogP contribution in [0, 0.1) is 11.8 Å². The van der Waals surface area contributed by atoms with E-state index >= 15 is 0 Å². The van der Waals surface area contributed by atoms with Crippen LogP contribution in [0.1, 0.15) is 11.1 Å². The molecule has 1 aliphatic rings. The number of carbonyl (C=O) groups is 2. The van der Waals surface area contributed by atoms with Crippen LogP contribution in [0.2, 0.25) is 0 Å². The fraction of sp³-hybridized carbons (Fsp3) is 0. The summed E-state index contributed by atoms with van der Waals surface area (Å²) < 4.78 is 0. The van der Waals surface area contributed by atoms with E-state index in [0.717, 1.165) is 37.6 Å². The molecular formula is C26H15NO2. The Labute approximate surface area is 167 Å². The van der Waals surface area contributed by atoms with E-state index in [4.69, 9.17) is 0 Å². The molecule has 5 rings (SSSR count). The van der Waals surface area contributed by atoms with Crippen molar-refractivity contribution in [2.45, 2.75) is 0 Å². The zero-order valence-electron chi connectivity index (χ0n) is 15.4. The summed E-state index contributed by atoms with van der Waals surface area (Å²) in [6.45, 7) is 0. The summed E-state index contributed by atoms with van der Waals surface area (Å²) >= 11 is 0. The lowest BCUT2D eigenvalue weighted by Crippen LogP contribution is -2.29. The molecule has 136 valence electrons. The zero-order valence-corrected chi connectivity index (χ0v) is 15.4. The smallest absolute Gasteiger partial charge is 0.258 e. The predicted molar refractivity (Wildman–Crippen MR) is 116 cm³/mol. The molecule has 0 saturated heterocycles. The molecule has 0 saturated carbocycles. The number of anilines is 1. The van der Waals surface area contributed by atoms with E-state index in [2.05, 4.69) is 42.2 Å². The standard InChI is InChI=1S/C26H15NO2/c28-25-15-16-26(29)27(25)21-12-9-18(10-13-21)11-14-24-22-7-3-1-5-19(22)17-20-6-2-4-8-23(20)24/h1-10,12-13,15-17H. The molecule has 0 atom stereocenters. The summed E-state index contributed by atoms with van der Waals surface area (Å²) in [7, 11) is 0. The van der Waals surface area contributed by atoms with Gasteiger partial charge in [-0.3, -0.25) is 9.59 Å². The minimum absolute atomic E-state index is 0.323. The molecule has 0 N–H and O–H groups in total. The van der Waals surface area contributed by atoms with E-state index < -0.39 is 0 Å². The van der Waals surface area contributed by atoms with Crippen molar-refractivity contribution in [3.8, 4) is 11.8 Å². The van der Waals surface area contributed by atoms with Crippen LogP contribution in [-0.4, -0.2) is 11.8 Å². The van der Waals surface area contributed by atoms with E-state index in [0.29, 0.717) is 5.69 Å². The third kappa shape index (κ3) is 2.97. The van der Waals surface area contributed by atoms with Gasteiger partial charge in [-0.2, -0.15) is 0 Å². The van der Waals surface area contributed by atoms with Gasteiger partial charge in [0, 0.05) is 23.3 Å². The molecule has 0 fully saturated rings. The first-order valence-electron chi connectivity index (χ1n) is 9.29. The molecule has 2 amide bonds. The molecule has 0 bridgehead atoms.